The fourth-order valence-corrected chi connectivity index (χ4v) is 3.07. The van der Waals surface area contributed by atoms with Gasteiger partial charge in [-0.3, -0.25) is 9.52 Å². The Morgan fingerprint density at radius 2 is 2.09 bits per heavy atom. The van der Waals surface area contributed by atoms with E-state index in [1.54, 1.807) is 47.1 Å². The maximum absolute atomic E-state index is 12.5. The maximum atomic E-state index is 12.5. The van der Waals surface area contributed by atoms with Crippen molar-refractivity contribution in [2.45, 2.75) is 13.0 Å². The molecular weight excluding hydrogens is 318 g/mol. The third kappa shape index (κ3) is 3.34. The summed E-state index contributed by atoms with van der Waals surface area (Å²) in [6.07, 6.45) is 4.46. The van der Waals surface area contributed by atoms with E-state index in [2.05, 4.69) is 15.0 Å². The number of carbonyl (C=O) groups excluding carboxylic acids is 1. The Morgan fingerprint density at radius 1 is 1.35 bits per heavy atom. The SMILES string of the molecule is Cc1ccc(C(=O)N2CC(n3ccnn3)C2)cc1NS(C)(=O)=O. The van der Waals surface area contributed by atoms with Gasteiger partial charge in [-0.05, 0) is 24.6 Å². The van der Waals surface area contributed by atoms with Crippen molar-refractivity contribution in [2.24, 2.45) is 0 Å². The molecule has 1 aromatic carbocycles. The molecule has 1 aliphatic heterocycles. The molecule has 0 radical (unpaired) electrons. The number of hydrogen-bond donors (Lipinski definition) is 1. The quantitative estimate of drug-likeness (QED) is 0.885. The van der Waals surface area contributed by atoms with Crippen molar-refractivity contribution in [1.29, 1.82) is 0 Å². The largest absolute Gasteiger partial charge is 0.334 e. The Bertz CT molecular complexity index is 826. The van der Waals surface area contributed by atoms with E-state index >= 15 is 0 Å². The summed E-state index contributed by atoms with van der Waals surface area (Å²) in [5.41, 5.74) is 1.64. The highest BCUT2D eigenvalue weighted by molar-refractivity contribution is 7.92. The van der Waals surface area contributed by atoms with E-state index in [1.165, 1.54) is 0 Å². The van der Waals surface area contributed by atoms with E-state index in [1.807, 2.05) is 0 Å². The number of benzene rings is 1. The van der Waals surface area contributed by atoms with Crippen LogP contribution in [0.4, 0.5) is 5.69 Å². The summed E-state index contributed by atoms with van der Waals surface area (Å²) in [5, 5.41) is 7.68. The Morgan fingerprint density at radius 3 is 2.70 bits per heavy atom. The monoisotopic (exact) mass is 335 g/mol. The molecule has 23 heavy (non-hydrogen) atoms. The fraction of sp³-hybridized carbons (Fsp3) is 0.357. The lowest BCUT2D eigenvalue weighted by atomic mass is 10.0. The predicted molar refractivity (Wildman–Crippen MR) is 84.6 cm³/mol. The van der Waals surface area contributed by atoms with Crippen LogP contribution in [0.3, 0.4) is 0 Å². The Labute approximate surface area is 134 Å². The minimum Gasteiger partial charge on any atom is -0.334 e. The lowest BCUT2D eigenvalue weighted by molar-refractivity contribution is 0.0498. The third-order valence-electron chi connectivity index (χ3n) is 3.74. The standard InChI is InChI=1S/C14H17N5O3S/c1-10-3-4-11(7-13(10)16-23(2,21)22)14(20)18-8-12(9-18)19-6-5-15-17-19/h3-7,12,16H,8-9H2,1-2H3. The van der Waals surface area contributed by atoms with Gasteiger partial charge in [0.2, 0.25) is 10.0 Å². The zero-order valence-corrected chi connectivity index (χ0v) is 13.6. The van der Waals surface area contributed by atoms with Crippen molar-refractivity contribution in [3.63, 3.8) is 0 Å². The molecule has 1 aliphatic rings. The summed E-state index contributed by atoms with van der Waals surface area (Å²) in [6, 6.07) is 5.14. The summed E-state index contributed by atoms with van der Waals surface area (Å²) in [5.74, 6) is -0.127. The van der Waals surface area contributed by atoms with Gasteiger partial charge in [-0.15, -0.1) is 5.10 Å². The lowest BCUT2D eigenvalue weighted by Gasteiger charge is -2.38. The number of likely N-dealkylation sites (tertiary alicyclic amines) is 1. The molecule has 2 heterocycles. The zero-order valence-electron chi connectivity index (χ0n) is 12.8. The van der Waals surface area contributed by atoms with Gasteiger partial charge in [0.25, 0.3) is 5.91 Å². The third-order valence-corrected chi connectivity index (χ3v) is 4.34. The van der Waals surface area contributed by atoms with Crippen molar-refractivity contribution >= 4 is 21.6 Å². The first-order chi connectivity index (χ1) is 10.8. The molecule has 0 bridgehead atoms. The smallest absolute Gasteiger partial charge is 0.254 e. The first-order valence-electron chi connectivity index (χ1n) is 7.07. The van der Waals surface area contributed by atoms with Crippen LogP contribution in [0.25, 0.3) is 0 Å². The van der Waals surface area contributed by atoms with Crippen molar-refractivity contribution in [3.8, 4) is 0 Å². The molecule has 0 atom stereocenters. The van der Waals surface area contributed by atoms with E-state index in [0.29, 0.717) is 24.3 Å². The van der Waals surface area contributed by atoms with Crippen molar-refractivity contribution in [2.75, 3.05) is 24.1 Å². The highest BCUT2D eigenvalue weighted by Gasteiger charge is 2.33. The predicted octanol–water partition coefficient (Wildman–Crippen LogP) is 0.655. The van der Waals surface area contributed by atoms with E-state index in [0.717, 1.165) is 11.8 Å². The molecule has 1 fully saturated rings. The highest BCUT2D eigenvalue weighted by Crippen LogP contribution is 2.24. The van der Waals surface area contributed by atoms with E-state index in [-0.39, 0.29) is 11.9 Å². The van der Waals surface area contributed by atoms with E-state index < -0.39 is 10.0 Å². The number of sulfonamides is 1. The van der Waals surface area contributed by atoms with Gasteiger partial charge in [0.05, 0.1) is 24.2 Å². The fourth-order valence-electron chi connectivity index (χ4n) is 2.45. The first kappa shape index (κ1) is 15.5. The molecule has 122 valence electrons. The second-order valence-electron chi connectivity index (χ2n) is 5.65. The summed E-state index contributed by atoms with van der Waals surface area (Å²) in [6.45, 7) is 2.90. The van der Waals surface area contributed by atoms with Crippen LogP contribution in [0.1, 0.15) is 22.0 Å². The summed E-state index contributed by atoms with van der Waals surface area (Å²) >= 11 is 0. The van der Waals surface area contributed by atoms with Crippen molar-refractivity contribution < 1.29 is 13.2 Å². The maximum Gasteiger partial charge on any atom is 0.254 e. The number of aryl methyl sites for hydroxylation is 1. The molecule has 0 unspecified atom stereocenters. The summed E-state index contributed by atoms with van der Waals surface area (Å²) in [7, 11) is -3.39. The van der Waals surface area contributed by atoms with Gasteiger partial charge < -0.3 is 4.90 Å². The molecule has 0 aliphatic carbocycles. The van der Waals surface area contributed by atoms with Gasteiger partial charge in [0.15, 0.2) is 0 Å². The first-order valence-corrected chi connectivity index (χ1v) is 8.96. The molecule has 1 aromatic heterocycles. The topological polar surface area (TPSA) is 97.2 Å². The Hall–Kier alpha value is -2.42. The van der Waals surface area contributed by atoms with Crippen molar-refractivity contribution in [3.05, 3.63) is 41.7 Å². The van der Waals surface area contributed by atoms with Crippen molar-refractivity contribution in [1.82, 2.24) is 19.9 Å². The number of carbonyl (C=O) groups is 1. The number of anilines is 1. The van der Waals surface area contributed by atoms with E-state index in [4.69, 9.17) is 0 Å². The molecule has 1 N–H and O–H groups in total. The number of aromatic nitrogens is 3. The molecule has 0 spiro atoms. The van der Waals surface area contributed by atoms with Gasteiger partial charge in [-0.2, -0.15) is 0 Å². The second-order valence-corrected chi connectivity index (χ2v) is 7.40. The Kier molecular flexibility index (Phi) is 3.80. The van der Waals surface area contributed by atoms with Crippen LogP contribution in [0.15, 0.2) is 30.6 Å². The molecule has 9 heteroatoms. The minimum atomic E-state index is -3.39. The van der Waals surface area contributed by atoms with Crippen LogP contribution >= 0.6 is 0 Å². The van der Waals surface area contributed by atoms with Crippen LogP contribution in [0.5, 0.6) is 0 Å². The van der Waals surface area contributed by atoms with Gasteiger partial charge in [0.1, 0.15) is 0 Å². The Balaban J connectivity index is 1.72. The molecular formula is C14H17N5O3S. The van der Waals surface area contributed by atoms with Gasteiger partial charge in [-0.25, -0.2) is 13.1 Å². The molecule has 2 aromatic rings. The van der Waals surface area contributed by atoms with Gasteiger partial charge in [-0.1, -0.05) is 11.3 Å². The lowest BCUT2D eigenvalue weighted by Crippen LogP contribution is -2.50. The van der Waals surface area contributed by atoms with Crippen LogP contribution < -0.4 is 4.72 Å². The molecule has 1 saturated heterocycles. The number of nitrogens with one attached hydrogen (secondary N) is 1. The van der Waals surface area contributed by atoms with Crippen LogP contribution in [0, 0.1) is 6.92 Å². The zero-order chi connectivity index (χ0) is 16.6. The average molecular weight is 335 g/mol. The molecule has 8 nitrogen and oxygen atoms in total. The van der Waals surface area contributed by atoms with Gasteiger partial charge in [0, 0.05) is 24.8 Å². The average Bonchev–Trinajstić information content (AvgIpc) is 2.91. The summed E-state index contributed by atoms with van der Waals surface area (Å²) in [4.78, 5) is 14.2. The number of rotatable bonds is 4. The highest BCUT2D eigenvalue weighted by atomic mass is 32.2. The number of amides is 1. The number of nitrogens with zero attached hydrogens (tertiary/aromatic N) is 4. The molecule has 1 amide bonds. The van der Waals surface area contributed by atoms with Crippen LogP contribution in [-0.4, -0.2) is 53.6 Å². The second kappa shape index (κ2) is 5.65. The normalized spacial score (nSPS) is 15.3. The molecule has 3 rings (SSSR count). The van der Waals surface area contributed by atoms with Crippen LogP contribution in [-0.2, 0) is 10.0 Å². The minimum absolute atomic E-state index is 0.127. The van der Waals surface area contributed by atoms with Gasteiger partial charge >= 0.3 is 0 Å². The number of hydrogen-bond acceptors (Lipinski definition) is 5. The van der Waals surface area contributed by atoms with Crippen LogP contribution in [0.2, 0.25) is 0 Å². The van der Waals surface area contributed by atoms with E-state index in [9.17, 15) is 13.2 Å². The molecule has 0 saturated carbocycles. The summed E-state index contributed by atoms with van der Waals surface area (Å²) < 4.78 is 26.9.